The Balaban J connectivity index is 0.000000343. The van der Waals surface area contributed by atoms with E-state index >= 15 is 0 Å². The summed E-state index contributed by atoms with van der Waals surface area (Å²) in [4.78, 5) is 23.5. The molecule has 172 valence electrons. The lowest BCUT2D eigenvalue weighted by Gasteiger charge is -2.11. The minimum Gasteiger partial charge on any atom is -0.508 e. The molecular formula is C28H27N2O4+. The molecule has 0 unspecified atom stereocenters. The van der Waals surface area contributed by atoms with E-state index in [1.165, 1.54) is 5.56 Å². The van der Waals surface area contributed by atoms with Crippen molar-refractivity contribution in [2.24, 2.45) is 0 Å². The number of fused-ring (bicyclic) bond motifs is 2. The molecule has 0 spiro atoms. The van der Waals surface area contributed by atoms with Crippen molar-refractivity contribution in [3.63, 3.8) is 0 Å². The number of para-hydroxylation sites is 2. The predicted octanol–water partition coefficient (Wildman–Crippen LogP) is 4.21. The first-order valence-corrected chi connectivity index (χ1v) is 10.9. The van der Waals surface area contributed by atoms with Crippen molar-refractivity contribution < 1.29 is 24.4 Å². The van der Waals surface area contributed by atoms with Crippen LogP contribution in [0.15, 0.2) is 72.8 Å². The number of carboxylic acids is 1. The molecular weight excluding hydrogens is 428 g/mol. The van der Waals surface area contributed by atoms with Crippen LogP contribution in [-0.4, -0.2) is 28.6 Å². The molecule has 4 aromatic rings. The number of amides is 1. The summed E-state index contributed by atoms with van der Waals surface area (Å²) in [6, 6.07) is 22.4. The number of phenols is 1. The lowest BCUT2D eigenvalue weighted by Crippen LogP contribution is -2.36. The summed E-state index contributed by atoms with van der Waals surface area (Å²) >= 11 is 0. The second kappa shape index (κ2) is 11.5. The van der Waals surface area contributed by atoms with Crippen molar-refractivity contribution in [3.05, 3.63) is 83.9 Å². The molecule has 4 rings (SSSR count). The van der Waals surface area contributed by atoms with Gasteiger partial charge in [0, 0.05) is 25.1 Å². The van der Waals surface area contributed by atoms with Gasteiger partial charge in [-0.05, 0) is 43.5 Å². The number of hydrogen-bond acceptors (Lipinski definition) is 3. The van der Waals surface area contributed by atoms with Crippen LogP contribution in [0.25, 0.3) is 21.8 Å². The average molecular weight is 456 g/mol. The predicted molar refractivity (Wildman–Crippen MR) is 133 cm³/mol. The van der Waals surface area contributed by atoms with E-state index in [1.54, 1.807) is 12.1 Å². The van der Waals surface area contributed by atoms with Gasteiger partial charge in [-0.2, -0.15) is 4.57 Å². The highest BCUT2D eigenvalue weighted by Gasteiger charge is 2.23. The molecule has 1 amide bonds. The topological polar surface area (TPSA) is 90.5 Å². The maximum atomic E-state index is 12.9. The number of benzene rings is 3. The zero-order chi connectivity index (χ0) is 24.5. The minimum atomic E-state index is -0.870. The van der Waals surface area contributed by atoms with Crippen LogP contribution < -0.4 is 9.88 Å². The first-order valence-electron chi connectivity index (χ1n) is 10.9. The lowest BCUT2D eigenvalue weighted by atomic mass is 10.0. The third kappa shape index (κ3) is 5.90. The van der Waals surface area contributed by atoms with E-state index in [2.05, 4.69) is 11.2 Å². The standard InChI is InChI=1S/C21H18N2O3.C7H8O/c1-2-14-23-17-10-5-3-8-15(17)20(16-9-4-6-11-18(16)23)21(26)22-13-7-12-19(24)25;1-6-2-4-7(8)5-3-6/h1,3-6,8-11H,7,12-14H2,(H-,22,24,25,26);2-5,8H,1H3/p+1. The smallest absolute Gasteiger partial charge is 0.303 e. The van der Waals surface area contributed by atoms with E-state index in [9.17, 15) is 9.59 Å². The number of aromatic nitrogens is 1. The lowest BCUT2D eigenvalue weighted by molar-refractivity contribution is -0.632. The Morgan fingerprint density at radius 2 is 1.50 bits per heavy atom. The van der Waals surface area contributed by atoms with Crippen LogP contribution >= 0.6 is 0 Å². The molecule has 6 nitrogen and oxygen atoms in total. The summed E-state index contributed by atoms with van der Waals surface area (Å²) in [5, 5.41) is 22.0. The van der Waals surface area contributed by atoms with Crippen molar-refractivity contribution >= 4 is 33.7 Å². The zero-order valence-corrected chi connectivity index (χ0v) is 19.0. The van der Waals surface area contributed by atoms with Crippen LogP contribution in [0, 0.1) is 19.3 Å². The van der Waals surface area contributed by atoms with Gasteiger partial charge in [0.1, 0.15) is 5.75 Å². The Kier molecular flexibility index (Phi) is 8.20. The number of hydrogen-bond donors (Lipinski definition) is 3. The Hall–Kier alpha value is -4.37. The summed E-state index contributed by atoms with van der Waals surface area (Å²) in [5.41, 5.74) is 3.53. The fourth-order valence-electron chi connectivity index (χ4n) is 3.70. The molecule has 0 saturated heterocycles. The van der Waals surface area contributed by atoms with Gasteiger partial charge in [-0.3, -0.25) is 9.59 Å². The molecule has 1 aromatic heterocycles. The number of carboxylic acid groups (broad SMARTS) is 1. The maximum absolute atomic E-state index is 12.9. The monoisotopic (exact) mass is 455 g/mol. The molecule has 0 fully saturated rings. The van der Waals surface area contributed by atoms with Crippen LogP contribution in [0.1, 0.15) is 28.8 Å². The van der Waals surface area contributed by atoms with Gasteiger partial charge in [-0.15, -0.1) is 6.42 Å². The van der Waals surface area contributed by atoms with Crippen molar-refractivity contribution in [2.45, 2.75) is 26.3 Å². The number of terminal acetylenes is 1. The summed E-state index contributed by atoms with van der Waals surface area (Å²) in [7, 11) is 0. The van der Waals surface area contributed by atoms with Gasteiger partial charge < -0.3 is 15.5 Å². The molecule has 3 aromatic carbocycles. The molecule has 0 bridgehead atoms. The number of phenolic OH excluding ortho intramolecular Hbond substituents is 1. The van der Waals surface area contributed by atoms with Gasteiger partial charge in [0.05, 0.1) is 16.3 Å². The summed E-state index contributed by atoms with van der Waals surface area (Å²) in [6.07, 6.45) is 5.96. The van der Waals surface area contributed by atoms with Crippen LogP contribution in [0.5, 0.6) is 5.75 Å². The average Bonchev–Trinajstić information content (AvgIpc) is 2.84. The van der Waals surface area contributed by atoms with Gasteiger partial charge in [-0.1, -0.05) is 42.0 Å². The largest absolute Gasteiger partial charge is 0.508 e. The van der Waals surface area contributed by atoms with Crippen molar-refractivity contribution in [1.29, 1.82) is 0 Å². The van der Waals surface area contributed by atoms with Crippen LogP contribution in [0.3, 0.4) is 0 Å². The van der Waals surface area contributed by atoms with Crippen molar-refractivity contribution in [3.8, 4) is 18.1 Å². The first-order chi connectivity index (χ1) is 16.4. The van der Waals surface area contributed by atoms with E-state index in [0.717, 1.165) is 21.8 Å². The Labute approximate surface area is 198 Å². The van der Waals surface area contributed by atoms with Gasteiger partial charge in [0.25, 0.3) is 5.91 Å². The van der Waals surface area contributed by atoms with Crippen LogP contribution in [0.4, 0.5) is 0 Å². The van der Waals surface area contributed by atoms with Crippen LogP contribution in [-0.2, 0) is 11.3 Å². The quantitative estimate of drug-likeness (QED) is 0.176. The first kappa shape index (κ1) is 24.3. The summed E-state index contributed by atoms with van der Waals surface area (Å²) in [6.45, 7) is 2.70. The van der Waals surface area contributed by atoms with Gasteiger partial charge in [0.15, 0.2) is 0 Å². The SMILES string of the molecule is C#CC[n+]1c2ccccc2c(C(=O)NCCCC(=O)O)c2ccccc21.Cc1ccc(O)cc1. The number of carbonyl (C=O) groups excluding carboxylic acids is 1. The van der Waals surface area contributed by atoms with Crippen molar-refractivity contribution in [2.75, 3.05) is 6.54 Å². The second-order valence-electron chi connectivity index (χ2n) is 7.79. The minimum absolute atomic E-state index is 0.0265. The number of pyridine rings is 1. The van der Waals surface area contributed by atoms with Crippen molar-refractivity contribution in [1.82, 2.24) is 5.32 Å². The fraction of sp³-hybridized carbons (Fsp3) is 0.179. The Bertz CT molecular complexity index is 1280. The molecule has 0 aliphatic carbocycles. The van der Waals surface area contributed by atoms with Gasteiger partial charge in [-0.25, -0.2) is 0 Å². The van der Waals surface area contributed by atoms with Gasteiger partial charge >= 0.3 is 5.97 Å². The number of aliphatic carboxylic acids is 1. The number of aromatic hydroxyl groups is 1. The second-order valence-corrected chi connectivity index (χ2v) is 7.79. The zero-order valence-electron chi connectivity index (χ0n) is 19.0. The molecule has 0 atom stereocenters. The van der Waals surface area contributed by atoms with E-state index in [4.69, 9.17) is 16.6 Å². The third-order valence-corrected chi connectivity index (χ3v) is 5.29. The maximum Gasteiger partial charge on any atom is 0.303 e. The molecule has 0 aliphatic rings. The third-order valence-electron chi connectivity index (χ3n) is 5.29. The number of aryl methyl sites for hydroxylation is 1. The summed E-state index contributed by atoms with van der Waals surface area (Å²) < 4.78 is 2.02. The summed E-state index contributed by atoms with van der Waals surface area (Å²) in [5.74, 6) is 1.92. The molecule has 1 heterocycles. The fourth-order valence-corrected chi connectivity index (χ4v) is 3.70. The molecule has 6 heteroatoms. The molecule has 34 heavy (non-hydrogen) atoms. The van der Waals surface area contributed by atoms with Gasteiger partial charge in [0.2, 0.25) is 17.6 Å². The highest BCUT2D eigenvalue weighted by molar-refractivity contribution is 6.14. The van der Waals surface area contributed by atoms with E-state index in [1.807, 2.05) is 72.2 Å². The number of carbonyl (C=O) groups is 2. The highest BCUT2D eigenvalue weighted by atomic mass is 16.4. The molecule has 0 radical (unpaired) electrons. The molecule has 3 N–H and O–H groups in total. The Morgan fingerprint density at radius 1 is 0.941 bits per heavy atom. The highest BCUT2D eigenvalue weighted by Crippen LogP contribution is 2.24. The number of nitrogens with zero attached hydrogens (tertiary/aromatic N) is 1. The Morgan fingerprint density at radius 3 is 2.00 bits per heavy atom. The normalized spacial score (nSPS) is 10.2. The molecule has 0 aliphatic heterocycles. The molecule has 0 saturated carbocycles. The number of rotatable bonds is 6. The van der Waals surface area contributed by atoms with E-state index in [0.29, 0.717) is 30.8 Å². The van der Waals surface area contributed by atoms with E-state index < -0.39 is 5.97 Å². The number of nitrogens with one attached hydrogen (secondary N) is 1. The van der Waals surface area contributed by atoms with Crippen LogP contribution in [0.2, 0.25) is 0 Å². The van der Waals surface area contributed by atoms with E-state index in [-0.39, 0.29) is 12.3 Å².